The molecule has 2 atom stereocenters. The molecule has 34 heavy (non-hydrogen) atoms. The summed E-state index contributed by atoms with van der Waals surface area (Å²) < 4.78 is 23.7. The molecule has 0 unspecified atom stereocenters. The number of nitrogens with zero attached hydrogens (tertiary/aromatic N) is 1. The van der Waals surface area contributed by atoms with E-state index in [0.29, 0.717) is 12.4 Å². The lowest BCUT2D eigenvalue weighted by molar-refractivity contribution is 0.00578. The second kappa shape index (κ2) is 9.56. The molecule has 2 aromatic rings. The predicted octanol–water partition coefficient (Wildman–Crippen LogP) is 2.84. The number of carbonyl (C=O) groups is 1. The molecule has 1 aliphatic heterocycles. The zero-order valence-electron chi connectivity index (χ0n) is 20.6. The zero-order chi connectivity index (χ0) is 24.5. The Balaban J connectivity index is 1.34. The number of ether oxygens (including phenoxy) is 2. The van der Waals surface area contributed by atoms with E-state index >= 15 is 0 Å². The number of hydrogen-bond donors (Lipinski definition) is 2. The molecule has 3 N–H and O–H groups in total. The molecule has 8 nitrogen and oxygen atoms in total. The van der Waals surface area contributed by atoms with Gasteiger partial charge >= 0.3 is 7.12 Å². The summed E-state index contributed by atoms with van der Waals surface area (Å²) >= 11 is 0. The van der Waals surface area contributed by atoms with Gasteiger partial charge in [0.1, 0.15) is 17.1 Å². The van der Waals surface area contributed by atoms with Gasteiger partial charge in [0.15, 0.2) is 0 Å². The van der Waals surface area contributed by atoms with Crippen LogP contribution in [0.15, 0.2) is 36.5 Å². The molecule has 0 radical (unpaired) electrons. The van der Waals surface area contributed by atoms with E-state index < -0.39 is 0 Å². The number of hydrogen-bond acceptors (Lipinski definition) is 7. The minimum Gasteiger partial charge on any atom is -0.496 e. The zero-order valence-corrected chi connectivity index (χ0v) is 20.6. The van der Waals surface area contributed by atoms with E-state index in [1.54, 1.807) is 6.07 Å². The van der Waals surface area contributed by atoms with Gasteiger partial charge in [0.05, 0.1) is 37.1 Å². The highest BCUT2D eigenvalue weighted by molar-refractivity contribution is 6.62. The standard InChI is InChI=1S/C25H34BN3O5/c1-24(2)25(3,4)34-26(33-24)17-11-9-16(10-12-17)15-32-19-8-6-7-18(19)29-23(30)21-20(31-5)13-14-28-22(21)27/h9-14,18-19H,6-8,15H2,1-5H3,(H2,27,28)(H,29,30)/t18-,19-/m0/s1. The van der Waals surface area contributed by atoms with Gasteiger partial charge in [-0.3, -0.25) is 4.79 Å². The van der Waals surface area contributed by atoms with E-state index in [1.165, 1.54) is 13.3 Å². The summed E-state index contributed by atoms with van der Waals surface area (Å²) in [5.41, 5.74) is 7.48. The monoisotopic (exact) mass is 467 g/mol. The average molecular weight is 467 g/mol. The Morgan fingerprint density at radius 3 is 2.47 bits per heavy atom. The summed E-state index contributed by atoms with van der Waals surface area (Å²) in [6.45, 7) is 8.64. The van der Waals surface area contributed by atoms with Crippen molar-refractivity contribution in [3.63, 3.8) is 0 Å². The Bertz CT molecular complexity index is 1010. The molecule has 1 amide bonds. The van der Waals surface area contributed by atoms with Crippen molar-refractivity contribution in [3.8, 4) is 5.75 Å². The summed E-state index contributed by atoms with van der Waals surface area (Å²) in [7, 11) is 1.12. The fourth-order valence-electron chi connectivity index (χ4n) is 4.34. The largest absolute Gasteiger partial charge is 0.496 e. The van der Waals surface area contributed by atoms with Crippen LogP contribution < -0.4 is 21.3 Å². The number of methoxy groups -OCH3 is 1. The number of nitrogen functional groups attached to an aromatic ring is 1. The van der Waals surface area contributed by atoms with Crippen molar-refractivity contribution in [2.24, 2.45) is 0 Å². The van der Waals surface area contributed by atoms with Crippen molar-refractivity contribution in [1.82, 2.24) is 10.3 Å². The van der Waals surface area contributed by atoms with E-state index in [1.807, 2.05) is 52.0 Å². The SMILES string of the molecule is COc1ccnc(N)c1C(=O)N[C@H]1CCC[C@@H]1OCc1ccc(B2OC(C)(C)C(C)(C)O2)cc1. The molecule has 2 heterocycles. The van der Waals surface area contributed by atoms with Gasteiger partial charge in [-0.1, -0.05) is 24.3 Å². The molecule has 1 saturated heterocycles. The van der Waals surface area contributed by atoms with Crippen molar-refractivity contribution in [3.05, 3.63) is 47.7 Å². The quantitative estimate of drug-likeness (QED) is 0.604. The van der Waals surface area contributed by atoms with Gasteiger partial charge < -0.3 is 29.8 Å². The Labute approximate surface area is 201 Å². The predicted molar refractivity (Wildman–Crippen MR) is 131 cm³/mol. The number of aromatic nitrogens is 1. The highest BCUT2D eigenvalue weighted by Gasteiger charge is 2.51. The summed E-state index contributed by atoms with van der Waals surface area (Å²) in [4.78, 5) is 16.9. The molecule has 1 aromatic heterocycles. The Kier molecular flexibility index (Phi) is 6.89. The number of anilines is 1. The van der Waals surface area contributed by atoms with Gasteiger partial charge in [-0.2, -0.15) is 0 Å². The fraction of sp³-hybridized carbons (Fsp3) is 0.520. The maximum absolute atomic E-state index is 12.9. The molecule has 1 saturated carbocycles. The minimum atomic E-state index is -0.383. The molecular formula is C25H34BN3O5. The van der Waals surface area contributed by atoms with Crippen molar-refractivity contribution >= 4 is 24.3 Å². The van der Waals surface area contributed by atoms with Crippen LogP contribution in [0.4, 0.5) is 5.82 Å². The van der Waals surface area contributed by atoms with Crippen molar-refractivity contribution < 1.29 is 23.6 Å². The molecule has 1 aromatic carbocycles. The third kappa shape index (κ3) is 4.92. The molecule has 4 rings (SSSR count). The maximum Gasteiger partial charge on any atom is 0.494 e. The van der Waals surface area contributed by atoms with Crippen LogP contribution in [-0.4, -0.2) is 48.5 Å². The van der Waals surface area contributed by atoms with Crippen molar-refractivity contribution in [2.45, 2.75) is 76.9 Å². The summed E-state index contributed by atoms with van der Waals surface area (Å²) in [6.07, 6.45) is 4.16. The summed E-state index contributed by atoms with van der Waals surface area (Å²) in [5, 5.41) is 3.06. The molecule has 2 aliphatic rings. The van der Waals surface area contributed by atoms with Gasteiger partial charge in [0, 0.05) is 6.20 Å². The van der Waals surface area contributed by atoms with Crippen LogP contribution in [0, 0.1) is 0 Å². The highest BCUT2D eigenvalue weighted by atomic mass is 16.7. The van der Waals surface area contributed by atoms with Crippen molar-refractivity contribution in [1.29, 1.82) is 0 Å². The van der Waals surface area contributed by atoms with Crippen LogP contribution >= 0.6 is 0 Å². The number of carbonyl (C=O) groups excluding carboxylic acids is 1. The lowest BCUT2D eigenvalue weighted by Crippen LogP contribution is -2.41. The smallest absolute Gasteiger partial charge is 0.494 e. The van der Waals surface area contributed by atoms with Gasteiger partial charge in [-0.05, 0) is 64.1 Å². The van der Waals surface area contributed by atoms with E-state index in [9.17, 15) is 4.79 Å². The van der Waals surface area contributed by atoms with E-state index in [4.69, 9.17) is 24.5 Å². The second-order valence-electron chi connectivity index (χ2n) is 9.96. The Hall–Kier alpha value is -2.62. The molecule has 0 bridgehead atoms. The second-order valence-corrected chi connectivity index (χ2v) is 9.96. The Morgan fingerprint density at radius 2 is 1.82 bits per heavy atom. The van der Waals surface area contributed by atoms with E-state index in [0.717, 1.165) is 30.3 Å². The van der Waals surface area contributed by atoms with Crippen LogP contribution in [0.3, 0.4) is 0 Å². The first-order valence-electron chi connectivity index (χ1n) is 11.8. The molecular weight excluding hydrogens is 433 g/mol. The lowest BCUT2D eigenvalue weighted by atomic mass is 9.79. The Morgan fingerprint density at radius 1 is 1.15 bits per heavy atom. The number of benzene rings is 1. The van der Waals surface area contributed by atoms with Crippen LogP contribution in [0.25, 0.3) is 0 Å². The fourth-order valence-corrected chi connectivity index (χ4v) is 4.34. The van der Waals surface area contributed by atoms with Crippen LogP contribution in [0.5, 0.6) is 5.75 Å². The number of pyridine rings is 1. The van der Waals surface area contributed by atoms with Gasteiger partial charge in [0.25, 0.3) is 5.91 Å². The van der Waals surface area contributed by atoms with Crippen LogP contribution in [0.2, 0.25) is 0 Å². The summed E-state index contributed by atoms with van der Waals surface area (Å²) in [5.74, 6) is 0.256. The molecule has 2 fully saturated rings. The van der Waals surface area contributed by atoms with Crippen molar-refractivity contribution in [2.75, 3.05) is 12.8 Å². The van der Waals surface area contributed by atoms with Gasteiger partial charge in [-0.25, -0.2) is 4.98 Å². The minimum absolute atomic E-state index is 0.0735. The van der Waals surface area contributed by atoms with E-state index in [-0.39, 0.29) is 47.8 Å². The molecule has 1 aliphatic carbocycles. The third-order valence-corrected chi connectivity index (χ3v) is 7.13. The average Bonchev–Trinajstić information content (AvgIpc) is 3.32. The first-order valence-corrected chi connectivity index (χ1v) is 11.8. The summed E-state index contributed by atoms with van der Waals surface area (Å²) in [6, 6.07) is 9.63. The molecule has 9 heteroatoms. The van der Waals surface area contributed by atoms with Gasteiger partial charge in [-0.15, -0.1) is 0 Å². The number of amides is 1. The van der Waals surface area contributed by atoms with Crippen LogP contribution in [-0.2, 0) is 20.7 Å². The maximum atomic E-state index is 12.9. The molecule has 0 spiro atoms. The third-order valence-electron chi connectivity index (χ3n) is 7.13. The number of nitrogens with one attached hydrogen (secondary N) is 1. The van der Waals surface area contributed by atoms with Crippen LogP contribution in [0.1, 0.15) is 62.9 Å². The number of nitrogens with two attached hydrogens (primary N) is 1. The normalized spacial score (nSPS) is 23.1. The topological polar surface area (TPSA) is 105 Å². The lowest BCUT2D eigenvalue weighted by Gasteiger charge is -2.32. The highest BCUT2D eigenvalue weighted by Crippen LogP contribution is 2.36. The first-order chi connectivity index (χ1) is 16.1. The van der Waals surface area contributed by atoms with Gasteiger partial charge in [0.2, 0.25) is 0 Å². The molecule has 182 valence electrons. The number of rotatable bonds is 7. The first kappa shape index (κ1) is 24.5. The van der Waals surface area contributed by atoms with E-state index in [2.05, 4.69) is 10.3 Å².